The number of amides is 1. The van der Waals surface area contributed by atoms with Gasteiger partial charge in [0.2, 0.25) is 0 Å². The predicted molar refractivity (Wildman–Crippen MR) is 104 cm³/mol. The Morgan fingerprint density at radius 1 is 1.25 bits per heavy atom. The van der Waals surface area contributed by atoms with E-state index in [2.05, 4.69) is 0 Å². The lowest BCUT2D eigenvalue weighted by Crippen LogP contribution is -2.49. The SMILES string of the molecule is CC(CCn1ccc(-c2cc3ccccc3o2)cc1=O)(C(=O)NO)S(C)(=O)=O. The van der Waals surface area contributed by atoms with E-state index in [9.17, 15) is 18.0 Å². The van der Waals surface area contributed by atoms with Crippen molar-refractivity contribution in [1.29, 1.82) is 0 Å². The zero-order valence-corrected chi connectivity index (χ0v) is 16.2. The van der Waals surface area contributed by atoms with E-state index in [0.717, 1.165) is 11.6 Å². The summed E-state index contributed by atoms with van der Waals surface area (Å²) in [6, 6.07) is 12.4. The second kappa shape index (κ2) is 7.25. The molecule has 0 saturated heterocycles. The first-order valence-electron chi connectivity index (χ1n) is 8.49. The minimum absolute atomic E-state index is 0.0176. The minimum Gasteiger partial charge on any atom is -0.456 e. The Morgan fingerprint density at radius 2 is 1.96 bits per heavy atom. The summed E-state index contributed by atoms with van der Waals surface area (Å²) in [7, 11) is -3.83. The van der Waals surface area contributed by atoms with Crippen molar-refractivity contribution < 1.29 is 22.8 Å². The Bertz CT molecular complexity index is 1160. The number of carbonyl (C=O) groups is 1. The molecule has 0 radical (unpaired) electrons. The Hall–Kier alpha value is -2.91. The molecule has 2 aromatic heterocycles. The van der Waals surface area contributed by atoms with E-state index in [4.69, 9.17) is 9.62 Å². The van der Waals surface area contributed by atoms with Crippen LogP contribution in [-0.2, 0) is 21.2 Å². The average molecular weight is 404 g/mol. The highest BCUT2D eigenvalue weighted by Crippen LogP contribution is 2.27. The number of aryl methyl sites for hydroxylation is 1. The lowest BCUT2D eigenvalue weighted by Gasteiger charge is -2.25. The molecule has 3 rings (SSSR count). The maximum atomic E-state index is 12.5. The zero-order valence-electron chi connectivity index (χ0n) is 15.4. The number of hydrogen-bond donors (Lipinski definition) is 2. The van der Waals surface area contributed by atoms with Gasteiger partial charge in [-0.3, -0.25) is 14.8 Å². The maximum absolute atomic E-state index is 12.5. The van der Waals surface area contributed by atoms with Gasteiger partial charge in [0.1, 0.15) is 11.3 Å². The molecule has 0 aliphatic heterocycles. The number of hydroxylamine groups is 1. The van der Waals surface area contributed by atoms with Crippen molar-refractivity contribution in [2.45, 2.75) is 24.6 Å². The first-order valence-corrected chi connectivity index (χ1v) is 10.4. The molecular formula is C19H20N2O6S. The topological polar surface area (TPSA) is 119 Å². The van der Waals surface area contributed by atoms with Gasteiger partial charge in [0.15, 0.2) is 14.6 Å². The molecule has 1 amide bonds. The highest BCUT2D eigenvalue weighted by molar-refractivity contribution is 7.92. The molecule has 0 aliphatic carbocycles. The van der Waals surface area contributed by atoms with Gasteiger partial charge in [-0.2, -0.15) is 0 Å². The van der Waals surface area contributed by atoms with E-state index in [0.29, 0.717) is 16.9 Å². The summed E-state index contributed by atoms with van der Waals surface area (Å²) in [6.45, 7) is 1.19. The summed E-state index contributed by atoms with van der Waals surface area (Å²) in [5, 5.41) is 9.78. The number of fused-ring (bicyclic) bond motifs is 1. The number of carbonyl (C=O) groups excluding carboxylic acids is 1. The van der Waals surface area contributed by atoms with E-state index in [1.165, 1.54) is 29.2 Å². The van der Waals surface area contributed by atoms with Crippen LogP contribution >= 0.6 is 0 Å². The molecular weight excluding hydrogens is 384 g/mol. The number of nitrogens with zero attached hydrogens (tertiary/aromatic N) is 1. The molecule has 28 heavy (non-hydrogen) atoms. The molecule has 0 aliphatic rings. The Kier molecular flexibility index (Phi) is 5.14. The lowest BCUT2D eigenvalue weighted by atomic mass is 10.1. The van der Waals surface area contributed by atoms with Crippen LogP contribution in [0.3, 0.4) is 0 Å². The standard InChI is InChI=1S/C19H20N2O6S/c1-19(18(23)20-24,28(2,25)26)8-10-21-9-7-14(12-17(21)22)16-11-13-5-3-4-6-15(13)27-16/h3-7,9,11-12,24H,8,10H2,1-2H3,(H,20,23). The molecule has 2 N–H and O–H groups in total. The molecule has 1 aromatic carbocycles. The summed E-state index contributed by atoms with van der Waals surface area (Å²) in [5.74, 6) is -0.493. The van der Waals surface area contributed by atoms with Crippen LogP contribution in [0.2, 0.25) is 0 Å². The summed E-state index contributed by atoms with van der Waals surface area (Å²) in [4.78, 5) is 24.3. The van der Waals surface area contributed by atoms with Crippen LogP contribution in [-0.4, -0.2) is 35.1 Å². The van der Waals surface area contributed by atoms with Crippen LogP contribution in [0.1, 0.15) is 13.3 Å². The number of benzene rings is 1. The van der Waals surface area contributed by atoms with Gasteiger partial charge < -0.3 is 8.98 Å². The number of nitrogens with one attached hydrogen (secondary N) is 1. The molecule has 0 saturated carbocycles. The van der Waals surface area contributed by atoms with E-state index < -0.39 is 20.5 Å². The first kappa shape index (κ1) is 19.8. The van der Waals surface area contributed by atoms with Crippen molar-refractivity contribution in [3.63, 3.8) is 0 Å². The molecule has 3 aromatic rings. The monoisotopic (exact) mass is 404 g/mol. The molecule has 8 nitrogen and oxygen atoms in total. The van der Waals surface area contributed by atoms with Gasteiger partial charge in [-0.1, -0.05) is 18.2 Å². The van der Waals surface area contributed by atoms with Crippen molar-refractivity contribution in [2.24, 2.45) is 0 Å². The summed E-state index contributed by atoms with van der Waals surface area (Å²) in [5.41, 5.74) is 2.33. The van der Waals surface area contributed by atoms with Gasteiger partial charge in [-0.05, 0) is 31.5 Å². The number of rotatable bonds is 6. The highest BCUT2D eigenvalue weighted by atomic mass is 32.2. The third-order valence-corrected chi connectivity index (χ3v) is 6.96. The van der Waals surface area contributed by atoms with Gasteiger partial charge in [0, 0.05) is 36.0 Å². The first-order chi connectivity index (χ1) is 13.2. The van der Waals surface area contributed by atoms with Crippen LogP contribution in [0, 0.1) is 0 Å². The zero-order chi connectivity index (χ0) is 20.5. The van der Waals surface area contributed by atoms with Gasteiger partial charge in [-0.15, -0.1) is 0 Å². The van der Waals surface area contributed by atoms with Gasteiger partial charge >= 0.3 is 0 Å². The fourth-order valence-corrected chi connectivity index (χ4v) is 3.73. The van der Waals surface area contributed by atoms with Crippen LogP contribution in [0.5, 0.6) is 0 Å². The van der Waals surface area contributed by atoms with Crippen molar-refractivity contribution in [3.05, 3.63) is 59.0 Å². The second-order valence-electron chi connectivity index (χ2n) is 6.79. The molecule has 0 fully saturated rings. The second-order valence-corrected chi connectivity index (χ2v) is 9.23. The average Bonchev–Trinajstić information content (AvgIpc) is 3.09. The van der Waals surface area contributed by atoms with Crippen molar-refractivity contribution in [2.75, 3.05) is 6.26 Å². The minimum atomic E-state index is -3.83. The molecule has 0 spiro atoms. The predicted octanol–water partition coefficient (Wildman–Crippen LogP) is 1.96. The molecule has 148 valence electrons. The molecule has 1 unspecified atom stereocenters. The fourth-order valence-electron chi connectivity index (χ4n) is 2.89. The summed E-state index contributed by atoms with van der Waals surface area (Å²) in [6.07, 6.45) is 2.25. The molecule has 0 bridgehead atoms. The third kappa shape index (κ3) is 3.58. The number of pyridine rings is 1. The number of hydrogen-bond acceptors (Lipinski definition) is 6. The van der Waals surface area contributed by atoms with Gasteiger partial charge in [0.25, 0.3) is 11.5 Å². The molecule has 1 atom stereocenters. The van der Waals surface area contributed by atoms with Gasteiger partial charge in [-0.25, -0.2) is 13.9 Å². The van der Waals surface area contributed by atoms with E-state index >= 15 is 0 Å². The van der Waals surface area contributed by atoms with Crippen LogP contribution in [0.4, 0.5) is 0 Å². The van der Waals surface area contributed by atoms with Crippen molar-refractivity contribution in [3.8, 4) is 11.3 Å². The maximum Gasteiger partial charge on any atom is 0.264 e. The smallest absolute Gasteiger partial charge is 0.264 e. The van der Waals surface area contributed by atoms with Crippen LogP contribution in [0.25, 0.3) is 22.3 Å². The summed E-state index contributed by atoms with van der Waals surface area (Å²) >= 11 is 0. The van der Waals surface area contributed by atoms with E-state index in [1.54, 1.807) is 6.07 Å². The number of furan rings is 1. The van der Waals surface area contributed by atoms with Gasteiger partial charge in [0.05, 0.1) is 0 Å². The lowest BCUT2D eigenvalue weighted by molar-refractivity contribution is -0.131. The quantitative estimate of drug-likeness (QED) is 0.479. The number of para-hydroxylation sites is 1. The third-order valence-electron chi connectivity index (χ3n) is 4.94. The Morgan fingerprint density at radius 3 is 2.57 bits per heavy atom. The fraction of sp³-hybridized carbons (Fsp3) is 0.263. The normalized spacial score (nSPS) is 14.0. The van der Waals surface area contributed by atoms with E-state index in [1.807, 2.05) is 30.3 Å². The number of sulfone groups is 1. The van der Waals surface area contributed by atoms with Crippen molar-refractivity contribution in [1.82, 2.24) is 10.0 Å². The van der Waals surface area contributed by atoms with E-state index in [-0.39, 0.29) is 18.5 Å². The molecule has 2 heterocycles. The Labute approximate surface area is 161 Å². The highest BCUT2D eigenvalue weighted by Gasteiger charge is 2.43. The van der Waals surface area contributed by atoms with Crippen LogP contribution in [0.15, 0.2) is 57.9 Å². The molecule has 9 heteroatoms. The summed E-state index contributed by atoms with van der Waals surface area (Å²) < 4.78 is 29.2. The largest absolute Gasteiger partial charge is 0.456 e. The van der Waals surface area contributed by atoms with Crippen LogP contribution < -0.4 is 11.0 Å². The van der Waals surface area contributed by atoms with Crippen molar-refractivity contribution >= 4 is 26.7 Å². The number of aromatic nitrogens is 1. The Balaban J connectivity index is 1.86.